The highest BCUT2D eigenvalue weighted by Gasteiger charge is 2.20. The minimum absolute atomic E-state index is 0.484. The first-order chi connectivity index (χ1) is 9.61. The van der Waals surface area contributed by atoms with E-state index in [0.717, 1.165) is 23.1 Å². The second-order valence-corrected chi connectivity index (χ2v) is 5.12. The average molecular weight is 268 g/mol. The van der Waals surface area contributed by atoms with Crippen LogP contribution in [0.1, 0.15) is 35.1 Å². The summed E-state index contributed by atoms with van der Waals surface area (Å²) < 4.78 is 0. The van der Waals surface area contributed by atoms with Crippen molar-refractivity contribution >= 4 is 5.97 Å². The minimum Gasteiger partial charge on any atom is -0.481 e. The van der Waals surface area contributed by atoms with Gasteiger partial charge in [0.05, 0.1) is 5.92 Å². The Morgan fingerprint density at radius 2 is 1.75 bits per heavy atom. The van der Waals surface area contributed by atoms with Crippen LogP contribution in [-0.2, 0) is 17.6 Å². The van der Waals surface area contributed by atoms with Crippen molar-refractivity contribution in [1.82, 2.24) is 0 Å². The third kappa shape index (κ3) is 3.27. The molecule has 1 N–H and O–H groups in total. The number of rotatable bonds is 5. The van der Waals surface area contributed by atoms with Gasteiger partial charge in [0.1, 0.15) is 0 Å². The van der Waals surface area contributed by atoms with Crippen molar-refractivity contribution in [2.24, 2.45) is 0 Å². The molecule has 1 unspecified atom stereocenters. The van der Waals surface area contributed by atoms with Crippen LogP contribution in [0, 0.1) is 6.92 Å². The number of aliphatic carboxylic acids is 1. The number of carbonyl (C=O) groups is 1. The number of hydrogen-bond donors (Lipinski definition) is 1. The van der Waals surface area contributed by atoms with Gasteiger partial charge in [-0.2, -0.15) is 0 Å². The van der Waals surface area contributed by atoms with Crippen molar-refractivity contribution in [2.75, 3.05) is 0 Å². The summed E-state index contributed by atoms with van der Waals surface area (Å²) in [4.78, 5) is 11.6. The first-order valence-corrected chi connectivity index (χ1v) is 6.98. The third-order valence-corrected chi connectivity index (χ3v) is 3.77. The molecule has 0 aliphatic heterocycles. The van der Waals surface area contributed by atoms with E-state index in [4.69, 9.17) is 0 Å². The lowest BCUT2D eigenvalue weighted by molar-refractivity contribution is -0.138. The molecule has 1 atom stereocenters. The Bertz CT molecular complexity index is 585. The lowest BCUT2D eigenvalue weighted by Crippen LogP contribution is -2.15. The van der Waals surface area contributed by atoms with Crippen molar-refractivity contribution in [3.63, 3.8) is 0 Å². The van der Waals surface area contributed by atoms with Gasteiger partial charge in [-0.15, -0.1) is 0 Å². The molecule has 2 heteroatoms. The molecular formula is C18H20O2. The summed E-state index contributed by atoms with van der Waals surface area (Å²) in [6.07, 6.45) is 1.50. The van der Waals surface area contributed by atoms with Crippen LogP contribution >= 0.6 is 0 Å². The Morgan fingerprint density at radius 3 is 2.30 bits per heavy atom. The molecule has 0 aliphatic carbocycles. The molecular weight excluding hydrogens is 248 g/mol. The Balaban J connectivity index is 2.27. The molecule has 2 rings (SSSR count). The zero-order valence-corrected chi connectivity index (χ0v) is 12.0. The zero-order valence-electron chi connectivity index (χ0n) is 12.0. The summed E-state index contributed by atoms with van der Waals surface area (Å²) in [5, 5.41) is 9.51. The maximum Gasteiger partial charge on any atom is 0.311 e. The van der Waals surface area contributed by atoms with Gasteiger partial charge in [-0.25, -0.2) is 0 Å². The lowest BCUT2D eigenvalue weighted by atomic mass is 9.90. The monoisotopic (exact) mass is 268 g/mol. The van der Waals surface area contributed by atoms with Crippen molar-refractivity contribution in [3.05, 3.63) is 70.8 Å². The van der Waals surface area contributed by atoms with E-state index in [-0.39, 0.29) is 0 Å². The van der Waals surface area contributed by atoms with Gasteiger partial charge in [-0.1, -0.05) is 55.5 Å². The largest absolute Gasteiger partial charge is 0.481 e. The molecule has 2 aromatic rings. The lowest BCUT2D eigenvalue weighted by Gasteiger charge is -2.15. The molecule has 0 saturated carbocycles. The van der Waals surface area contributed by atoms with E-state index in [0.29, 0.717) is 6.42 Å². The average Bonchev–Trinajstić information content (AvgIpc) is 2.46. The molecule has 2 nitrogen and oxygen atoms in total. The molecule has 0 radical (unpaired) electrons. The molecule has 0 saturated heterocycles. The number of aryl methyl sites for hydroxylation is 2. The predicted molar refractivity (Wildman–Crippen MR) is 81.1 cm³/mol. The highest BCUT2D eigenvalue weighted by Crippen LogP contribution is 2.23. The molecule has 0 heterocycles. The van der Waals surface area contributed by atoms with Gasteiger partial charge >= 0.3 is 5.97 Å². The van der Waals surface area contributed by atoms with Gasteiger partial charge in [0.2, 0.25) is 0 Å². The fourth-order valence-electron chi connectivity index (χ4n) is 2.39. The summed E-state index contributed by atoms with van der Waals surface area (Å²) in [7, 11) is 0. The van der Waals surface area contributed by atoms with Crippen LogP contribution in [0.3, 0.4) is 0 Å². The summed E-state index contributed by atoms with van der Waals surface area (Å²) in [5.41, 5.74) is 4.34. The predicted octanol–water partition coefficient (Wildman–Crippen LogP) is 3.97. The molecule has 0 aliphatic rings. The van der Waals surface area contributed by atoms with Crippen LogP contribution in [0.25, 0.3) is 0 Å². The van der Waals surface area contributed by atoms with Crippen molar-refractivity contribution in [1.29, 1.82) is 0 Å². The zero-order chi connectivity index (χ0) is 14.5. The van der Waals surface area contributed by atoms with Gasteiger partial charge in [-0.3, -0.25) is 4.79 Å². The van der Waals surface area contributed by atoms with Gasteiger partial charge in [0, 0.05) is 0 Å². The summed E-state index contributed by atoms with van der Waals surface area (Å²) >= 11 is 0. The fourth-order valence-corrected chi connectivity index (χ4v) is 2.39. The van der Waals surface area contributed by atoms with Crippen molar-refractivity contribution < 1.29 is 9.90 Å². The molecule has 0 aromatic heterocycles. The van der Waals surface area contributed by atoms with Crippen LogP contribution in [0.5, 0.6) is 0 Å². The number of benzene rings is 2. The Hall–Kier alpha value is -2.09. The van der Waals surface area contributed by atoms with Gasteiger partial charge in [0.15, 0.2) is 0 Å². The van der Waals surface area contributed by atoms with Gasteiger partial charge in [0.25, 0.3) is 0 Å². The van der Waals surface area contributed by atoms with Crippen LogP contribution < -0.4 is 0 Å². The van der Waals surface area contributed by atoms with E-state index in [2.05, 4.69) is 6.92 Å². The number of carboxylic acids is 1. The molecule has 0 amide bonds. The number of hydrogen-bond acceptors (Lipinski definition) is 1. The summed E-state index contributed by atoms with van der Waals surface area (Å²) in [6, 6.07) is 15.9. The van der Waals surface area contributed by atoms with E-state index in [1.165, 1.54) is 5.56 Å². The van der Waals surface area contributed by atoms with Gasteiger partial charge < -0.3 is 5.11 Å². The van der Waals surface area contributed by atoms with E-state index in [1.807, 2.05) is 55.5 Å². The first kappa shape index (κ1) is 14.3. The van der Waals surface area contributed by atoms with Crippen LogP contribution in [0.15, 0.2) is 48.5 Å². The maximum absolute atomic E-state index is 11.6. The van der Waals surface area contributed by atoms with Gasteiger partial charge in [-0.05, 0) is 42.0 Å². The molecule has 0 spiro atoms. The maximum atomic E-state index is 11.6. The fraction of sp³-hybridized carbons (Fsp3) is 0.278. The summed E-state index contributed by atoms with van der Waals surface area (Å²) in [5.74, 6) is -1.25. The highest BCUT2D eigenvalue weighted by atomic mass is 16.4. The van der Waals surface area contributed by atoms with E-state index < -0.39 is 11.9 Å². The normalized spacial score (nSPS) is 12.1. The van der Waals surface area contributed by atoms with E-state index in [9.17, 15) is 9.90 Å². The van der Waals surface area contributed by atoms with Crippen molar-refractivity contribution in [3.8, 4) is 0 Å². The third-order valence-electron chi connectivity index (χ3n) is 3.77. The molecule has 104 valence electrons. The molecule has 20 heavy (non-hydrogen) atoms. The smallest absolute Gasteiger partial charge is 0.311 e. The Morgan fingerprint density at radius 1 is 1.10 bits per heavy atom. The minimum atomic E-state index is -0.766. The highest BCUT2D eigenvalue weighted by molar-refractivity contribution is 5.76. The molecule has 2 aromatic carbocycles. The summed E-state index contributed by atoms with van der Waals surface area (Å²) in [6.45, 7) is 4.12. The standard InChI is InChI=1S/C18H20O2/c1-3-14-8-10-15(11-9-14)17(18(19)20)12-16-7-5-4-6-13(16)2/h4-11,17H,3,12H2,1-2H3,(H,19,20). The second-order valence-electron chi connectivity index (χ2n) is 5.12. The van der Waals surface area contributed by atoms with Crippen molar-refractivity contribution in [2.45, 2.75) is 32.6 Å². The Labute approximate surface area is 120 Å². The Kier molecular flexibility index (Phi) is 4.57. The second kappa shape index (κ2) is 6.38. The van der Waals surface area contributed by atoms with Crippen LogP contribution in [0.2, 0.25) is 0 Å². The van der Waals surface area contributed by atoms with E-state index >= 15 is 0 Å². The quantitative estimate of drug-likeness (QED) is 0.891. The topological polar surface area (TPSA) is 37.3 Å². The van der Waals surface area contributed by atoms with Crippen LogP contribution in [0.4, 0.5) is 0 Å². The number of carboxylic acid groups (broad SMARTS) is 1. The molecule has 0 fully saturated rings. The molecule has 0 bridgehead atoms. The first-order valence-electron chi connectivity index (χ1n) is 6.98. The van der Waals surface area contributed by atoms with E-state index in [1.54, 1.807) is 0 Å². The van der Waals surface area contributed by atoms with Crippen LogP contribution in [-0.4, -0.2) is 11.1 Å². The SMILES string of the molecule is CCc1ccc(C(Cc2ccccc2C)C(=O)O)cc1.